The second-order valence-electron chi connectivity index (χ2n) is 5.00. The lowest BCUT2D eigenvalue weighted by Crippen LogP contribution is -2.32. The van der Waals surface area contributed by atoms with Crippen molar-refractivity contribution in [2.75, 3.05) is 6.54 Å². The average Bonchev–Trinajstić information content (AvgIpc) is 2.51. The van der Waals surface area contributed by atoms with Crippen LogP contribution in [0.2, 0.25) is 5.02 Å². The molecule has 0 atom stereocenters. The Morgan fingerprint density at radius 3 is 3.00 bits per heavy atom. The third-order valence-corrected chi connectivity index (χ3v) is 3.95. The molecule has 0 radical (unpaired) electrons. The summed E-state index contributed by atoms with van der Waals surface area (Å²) in [5, 5.41) is 0.868. The summed E-state index contributed by atoms with van der Waals surface area (Å²) in [4.78, 5) is 7.21. The third kappa shape index (κ3) is 2.06. The van der Waals surface area contributed by atoms with Gasteiger partial charge in [-0.25, -0.2) is 4.99 Å². The Balaban J connectivity index is 2.05. The van der Waals surface area contributed by atoms with Gasteiger partial charge in [-0.2, -0.15) is 0 Å². The number of halogens is 1. The minimum atomic E-state index is 0.868. The van der Waals surface area contributed by atoms with E-state index in [2.05, 4.69) is 17.9 Å². The quantitative estimate of drug-likeness (QED) is 0.676. The first-order chi connectivity index (χ1) is 8.24. The molecule has 0 aromatic heterocycles. The fourth-order valence-electron chi connectivity index (χ4n) is 2.69. The van der Waals surface area contributed by atoms with E-state index < -0.39 is 0 Å². The van der Waals surface area contributed by atoms with Gasteiger partial charge in [0.15, 0.2) is 0 Å². The summed E-state index contributed by atoms with van der Waals surface area (Å²) in [6, 6.07) is 4.19. The molecule has 0 aliphatic carbocycles. The molecule has 0 spiro atoms. The van der Waals surface area contributed by atoms with E-state index in [1.165, 1.54) is 36.2 Å². The molecule has 0 bridgehead atoms. The number of hydrogen-bond donors (Lipinski definition) is 0. The van der Waals surface area contributed by atoms with E-state index >= 15 is 0 Å². The van der Waals surface area contributed by atoms with Gasteiger partial charge in [0, 0.05) is 30.1 Å². The number of aliphatic imine (C=N–C) groups is 1. The number of fused-ring (bicyclic) bond motifs is 2. The number of rotatable bonds is 0. The highest BCUT2D eigenvalue weighted by Crippen LogP contribution is 2.34. The van der Waals surface area contributed by atoms with Gasteiger partial charge in [-0.05, 0) is 37.5 Å². The van der Waals surface area contributed by atoms with Crippen LogP contribution in [0.1, 0.15) is 36.8 Å². The zero-order chi connectivity index (χ0) is 11.8. The van der Waals surface area contributed by atoms with Crippen molar-refractivity contribution in [2.24, 2.45) is 4.99 Å². The van der Waals surface area contributed by atoms with Gasteiger partial charge < -0.3 is 4.90 Å². The van der Waals surface area contributed by atoms with Crippen LogP contribution < -0.4 is 0 Å². The number of benzene rings is 1. The highest BCUT2D eigenvalue weighted by Gasteiger charge is 2.22. The molecular formula is C14H17ClN2. The predicted octanol–water partition coefficient (Wildman–Crippen LogP) is 4.07. The van der Waals surface area contributed by atoms with Crippen LogP contribution in [0.25, 0.3) is 0 Å². The second kappa shape index (κ2) is 4.34. The van der Waals surface area contributed by atoms with Crippen LogP contribution in [0.5, 0.6) is 0 Å². The molecule has 0 unspecified atom stereocenters. The maximum absolute atomic E-state index is 6.32. The lowest BCUT2D eigenvalue weighted by molar-refractivity contribution is 0.403. The van der Waals surface area contributed by atoms with E-state index in [-0.39, 0.29) is 0 Å². The molecule has 1 aromatic carbocycles. The Bertz CT molecular complexity index is 479. The van der Waals surface area contributed by atoms with Crippen LogP contribution in [0, 0.1) is 6.92 Å². The van der Waals surface area contributed by atoms with Crippen molar-refractivity contribution in [3.63, 3.8) is 0 Å². The summed E-state index contributed by atoms with van der Waals surface area (Å²) < 4.78 is 0. The molecule has 3 rings (SSSR count). The molecule has 17 heavy (non-hydrogen) atoms. The molecule has 2 nitrogen and oxygen atoms in total. The SMILES string of the molecule is Cc1cc(Cl)c2c(c1)N=C1CCCCCN1C2. The largest absolute Gasteiger partial charge is 0.356 e. The zero-order valence-electron chi connectivity index (χ0n) is 10.2. The highest BCUT2D eigenvalue weighted by molar-refractivity contribution is 6.31. The van der Waals surface area contributed by atoms with Gasteiger partial charge in [-0.15, -0.1) is 0 Å². The second-order valence-corrected chi connectivity index (χ2v) is 5.41. The van der Waals surface area contributed by atoms with Crippen molar-refractivity contribution in [1.29, 1.82) is 0 Å². The Hall–Kier alpha value is -1.02. The maximum atomic E-state index is 6.32. The Kier molecular flexibility index (Phi) is 2.83. The highest BCUT2D eigenvalue weighted by atomic mass is 35.5. The zero-order valence-corrected chi connectivity index (χ0v) is 10.9. The number of hydrogen-bond acceptors (Lipinski definition) is 2. The van der Waals surface area contributed by atoms with Gasteiger partial charge in [-0.3, -0.25) is 0 Å². The van der Waals surface area contributed by atoms with Crippen molar-refractivity contribution in [3.8, 4) is 0 Å². The molecule has 1 aromatic rings. The van der Waals surface area contributed by atoms with Crippen molar-refractivity contribution in [2.45, 2.75) is 39.2 Å². The summed E-state index contributed by atoms with van der Waals surface area (Å²) in [6.45, 7) is 4.14. The van der Waals surface area contributed by atoms with E-state index in [0.29, 0.717) is 0 Å². The minimum Gasteiger partial charge on any atom is -0.356 e. The van der Waals surface area contributed by atoms with E-state index in [4.69, 9.17) is 16.6 Å². The van der Waals surface area contributed by atoms with Crippen LogP contribution in [0.4, 0.5) is 5.69 Å². The Labute approximate surface area is 107 Å². The lowest BCUT2D eigenvalue weighted by Gasteiger charge is -2.29. The van der Waals surface area contributed by atoms with Gasteiger partial charge >= 0.3 is 0 Å². The molecule has 0 N–H and O–H groups in total. The van der Waals surface area contributed by atoms with E-state index in [1.54, 1.807) is 0 Å². The van der Waals surface area contributed by atoms with E-state index in [1.807, 2.05) is 6.07 Å². The molecule has 2 heterocycles. The van der Waals surface area contributed by atoms with Crippen molar-refractivity contribution < 1.29 is 0 Å². The molecule has 2 aliphatic heterocycles. The van der Waals surface area contributed by atoms with Gasteiger partial charge in [0.25, 0.3) is 0 Å². The van der Waals surface area contributed by atoms with Crippen molar-refractivity contribution in [3.05, 3.63) is 28.3 Å². The summed E-state index contributed by atoms with van der Waals surface area (Å²) in [5.41, 5.74) is 3.48. The fourth-order valence-corrected chi connectivity index (χ4v) is 3.02. The van der Waals surface area contributed by atoms with Crippen LogP contribution in [0.3, 0.4) is 0 Å². The van der Waals surface area contributed by atoms with Gasteiger partial charge in [-0.1, -0.05) is 18.0 Å². The molecule has 1 fully saturated rings. The van der Waals surface area contributed by atoms with Crippen molar-refractivity contribution >= 4 is 23.1 Å². The minimum absolute atomic E-state index is 0.868. The van der Waals surface area contributed by atoms with Crippen LogP contribution >= 0.6 is 11.6 Å². The molecule has 90 valence electrons. The Morgan fingerprint density at radius 2 is 2.12 bits per heavy atom. The summed E-state index contributed by atoms with van der Waals surface area (Å²) >= 11 is 6.32. The predicted molar refractivity (Wildman–Crippen MR) is 72.2 cm³/mol. The molecule has 0 amide bonds. The van der Waals surface area contributed by atoms with E-state index in [0.717, 1.165) is 30.2 Å². The average molecular weight is 249 g/mol. The van der Waals surface area contributed by atoms with Crippen LogP contribution in [0.15, 0.2) is 17.1 Å². The number of aryl methyl sites for hydroxylation is 1. The fraction of sp³-hybridized carbons (Fsp3) is 0.500. The van der Waals surface area contributed by atoms with Gasteiger partial charge in [0.2, 0.25) is 0 Å². The van der Waals surface area contributed by atoms with Crippen LogP contribution in [-0.4, -0.2) is 17.3 Å². The van der Waals surface area contributed by atoms with E-state index in [9.17, 15) is 0 Å². The monoisotopic (exact) mass is 248 g/mol. The smallest absolute Gasteiger partial charge is 0.105 e. The number of amidine groups is 1. The van der Waals surface area contributed by atoms with Gasteiger partial charge in [0.05, 0.1) is 5.69 Å². The van der Waals surface area contributed by atoms with Crippen molar-refractivity contribution in [1.82, 2.24) is 4.90 Å². The first kappa shape index (κ1) is 11.1. The normalized spacial score (nSPS) is 19.2. The molecule has 1 saturated heterocycles. The van der Waals surface area contributed by atoms with Crippen LogP contribution in [-0.2, 0) is 6.54 Å². The topological polar surface area (TPSA) is 15.6 Å². The molecule has 3 heteroatoms. The first-order valence-corrected chi connectivity index (χ1v) is 6.73. The maximum Gasteiger partial charge on any atom is 0.105 e. The summed E-state index contributed by atoms with van der Waals surface area (Å²) in [5.74, 6) is 1.26. The molecular weight excluding hydrogens is 232 g/mol. The summed E-state index contributed by atoms with van der Waals surface area (Å²) in [7, 11) is 0. The lowest BCUT2D eigenvalue weighted by atomic mass is 10.1. The Morgan fingerprint density at radius 1 is 1.24 bits per heavy atom. The molecule has 2 aliphatic rings. The third-order valence-electron chi connectivity index (χ3n) is 3.61. The first-order valence-electron chi connectivity index (χ1n) is 6.35. The van der Waals surface area contributed by atoms with Gasteiger partial charge in [0.1, 0.15) is 5.84 Å². The number of nitrogens with zero attached hydrogens (tertiary/aromatic N) is 2. The summed E-state index contributed by atoms with van der Waals surface area (Å²) in [6.07, 6.45) is 4.98. The molecule has 0 saturated carbocycles. The standard InChI is InChI=1S/C14H17ClN2/c1-10-7-12(15)11-9-17-6-4-2-3-5-14(17)16-13(11)8-10/h7-8H,2-6,9H2,1H3.